The van der Waals surface area contributed by atoms with Crippen LogP contribution in [0.25, 0.3) is 0 Å². The van der Waals surface area contributed by atoms with E-state index in [1.54, 1.807) is 6.92 Å². The van der Waals surface area contributed by atoms with Crippen LogP contribution in [-0.2, 0) is 22.1 Å². The van der Waals surface area contributed by atoms with Gasteiger partial charge in [0.2, 0.25) is 0 Å². The second-order valence-electron chi connectivity index (χ2n) is 3.32. The standard InChI is InChI=1S/C11H12F3NO3/c1-3-18-9(16)6-8-10(17-2)7(4-5-15-8)11(12,13)14/h4-5H,3,6H2,1-2H3. The highest BCUT2D eigenvalue weighted by Crippen LogP contribution is 2.37. The fourth-order valence-corrected chi connectivity index (χ4v) is 1.42. The molecule has 0 aromatic carbocycles. The molecule has 0 N–H and O–H groups in total. The Morgan fingerprint density at radius 2 is 2.11 bits per heavy atom. The molecule has 0 aliphatic rings. The van der Waals surface area contributed by atoms with Crippen molar-refractivity contribution in [3.05, 3.63) is 23.5 Å². The maximum absolute atomic E-state index is 12.7. The van der Waals surface area contributed by atoms with Gasteiger partial charge in [0.05, 0.1) is 25.8 Å². The number of aromatic nitrogens is 1. The largest absolute Gasteiger partial charge is 0.494 e. The molecule has 7 heteroatoms. The molecule has 1 aromatic heterocycles. The lowest BCUT2D eigenvalue weighted by atomic mass is 10.1. The summed E-state index contributed by atoms with van der Waals surface area (Å²) in [4.78, 5) is 15.0. The quantitative estimate of drug-likeness (QED) is 0.781. The van der Waals surface area contributed by atoms with E-state index in [2.05, 4.69) is 9.72 Å². The lowest BCUT2D eigenvalue weighted by Gasteiger charge is -2.14. The predicted molar refractivity (Wildman–Crippen MR) is 56.1 cm³/mol. The summed E-state index contributed by atoms with van der Waals surface area (Å²) in [5.41, 5.74) is -1.05. The van der Waals surface area contributed by atoms with Crippen LogP contribution in [0.4, 0.5) is 13.2 Å². The van der Waals surface area contributed by atoms with Gasteiger partial charge in [0, 0.05) is 6.20 Å². The number of methoxy groups -OCH3 is 1. The molecule has 0 radical (unpaired) electrons. The number of rotatable bonds is 4. The number of ether oxygens (including phenoxy) is 2. The number of esters is 1. The zero-order valence-corrected chi connectivity index (χ0v) is 9.87. The number of halogens is 3. The molecule has 1 aromatic rings. The minimum Gasteiger partial charge on any atom is -0.494 e. The fraction of sp³-hybridized carbons (Fsp3) is 0.455. The molecule has 0 amide bonds. The lowest BCUT2D eigenvalue weighted by molar-refractivity contribution is -0.143. The minimum atomic E-state index is -4.56. The Bertz CT molecular complexity index is 432. The Balaban J connectivity index is 3.09. The maximum atomic E-state index is 12.7. The Labute approximate surface area is 102 Å². The molecular formula is C11H12F3NO3. The number of pyridine rings is 1. The molecule has 100 valence electrons. The molecule has 0 atom stereocenters. The van der Waals surface area contributed by atoms with Crippen LogP contribution < -0.4 is 4.74 Å². The summed E-state index contributed by atoms with van der Waals surface area (Å²) in [6, 6.07) is 0.799. The van der Waals surface area contributed by atoms with Gasteiger partial charge in [-0.3, -0.25) is 9.78 Å². The first-order valence-corrected chi connectivity index (χ1v) is 5.14. The van der Waals surface area contributed by atoms with Crippen LogP contribution in [0.1, 0.15) is 18.2 Å². The Hall–Kier alpha value is -1.79. The highest BCUT2D eigenvalue weighted by Gasteiger charge is 2.35. The first kappa shape index (κ1) is 14.3. The van der Waals surface area contributed by atoms with Crippen molar-refractivity contribution in [3.8, 4) is 5.75 Å². The van der Waals surface area contributed by atoms with E-state index in [1.807, 2.05) is 0 Å². The van der Waals surface area contributed by atoms with Crippen molar-refractivity contribution in [1.82, 2.24) is 4.98 Å². The van der Waals surface area contributed by atoms with Gasteiger partial charge in [-0.15, -0.1) is 0 Å². The van der Waals surface area contributed by atoms with Gasteiger partial charge < -0.3 is 9.47 Å². The van der Waals surface area contributed by atoms with Crippen molar-refractivity contribution >= 4 is 5.97 Å². The first-order chi connectivity index (χ1) is 8.40. The molecule has 0 unspecified atom stereocenters. The third-order valence-electron chi connectivity index (χ3n) is 2.10. The number of carbonyl (C=O) groups is 1. The topological polar surface area (TPSA) is 48.4 Å². The van der Waals surface area contributed by atoms with E-state index in [4.69, 9.17) is 4.74 Å². The van der Waals surface area contributed by atoms with Crippen LogP contribution in [0.2, 0.25) is 0 Å². The van der Waals surface area contributed by atoms with E-state index in [1.165, 1.54) is 0 Å². The van der Waals surface area contributed by atoms with Crippen LogP contribution in [0.15, 0.2) is 12.3 Å². The van der Waals surface area contributed by atoms with Crippen LogP contribution >= 0.6 is 0 Å². The fourth-order valence-electron chi connectivity index (χ4n) is 1.42. The second kappa shape index (κ2) is 5.70. The van der Waals surface area contributed by atoms with Gasteiger partial charge in [-0.05, 0) is 13.0 Å². The van der Waals surface area contributed by atoms with Gasteiger partial charge in [-0.1, -0.05) is 0 Å². The van der Waals surface area contributed by atoms with Crippen LogP contribution in [0, 0.1) is 0 Å². The molecular weight excluding hydrogens is 251 g/mol. The predicted octanol–water partition coefficient (Wildman–Crippen LogP) is 2.21. The van der Waals surface area contributed by atoms with E-state index in [-0.39, 0.29) is 18.7 Å². The van der Waals surface area contributed by atoms with E-state index in [0.717, 1.165) is 19.4 Å². The molecule has 0 saturated carbocycles. The Morgan fingerprint density at radius 3 is 2.61 bits per heavy atom. The normalized spacial score (nSPS) is 11.2. The summed E-state index contributed by atoms with van der Waals surface area (Å²) >= 11 is 0. The molecule has 0 spiro atoms. The SMILES string of the molecule is CCOC(=O)Cc1nccc(C(F)(F)F)c1OC. The van der Waals surface area contributed by atoms with Crippen LogP contribution in [0.5, 0.6) is 5.75 Å². The van der Waals surface area contributed by atoms with Gasteiger partial charge in [-0.25, -0.2) is 0 Å². The zero-order valence-electron chi connectivity index (χ0n) is 9.87. The number of carbonyl (C=O) groups excluding carboxylic acids is 1. The first-order valence-electron chi connectivity index (χ1n) is 5.14. The zero-order chi connectivity index (χ0) is 13.8. The molecule has 18 heavy (non-hydrogen) atoms. The molecule has 0 aliphatic heterocycles. The molecule has 0 aliphatic carbocycles. The van der Waals surface area contributed by atoms with E-state index >= 15 is 0 Å². The molecule has 4 nitrogen and oxygen atoms in total. The van der Waals surface area contributed by atoms with Gasteiger partial charge in [0.1, 0.15) is 5.56 Å². The summed E-state index contributed by atoms with van der Waals surface area (Å²) in [5, 5.41) is 0. The average molecular weight is 263 g/mol. The minimum absolute atomic E-state index is 0.0919. The number of alkyl halides is 3. The summed E-state index contributed by atoms with van der Waals surface area (Å²) < 4.78 is 47.4. The summed E-state index contributed by atoms with van der Waals surface area (Å²) in [6.45, 7) is 1.76. The van der Waals surface area contributed by atoms with Gasteiger partial charge >= 0.3 is 12.1 Å². The van der Waals surface area contributed by atoms with E-state index in [9.17, 15) is 18.0 Å². The second-order valence-corrected chi connectivity index (χ2v) is 3.32. The smallest absolute Gasteiger partial charge is 0.420 e. The summed E-state index contributed by atoms with van der Waals surface area (Å²) in [6.07, 6.45) is -3.93. The monoisotopic (exact) mass is 263 g/mol. The Kier molecular flexibility index (Phi) is 4.52. The van der Waals surface area contributed by atoms with E-state index < -0.39 is 23.5 Å². The van der Waals surface area contributed by atoms with Gasteiger partial charge in [0.25, 0.3) is 0 Å². The molecule has 0 saturated heterocycles. The molecule has 0 fully saturated rings. The summed E-state index contributed by atoms with van der Waals surface area (Å²) in [7, 11) is 1.10. The van der Waals surface area contributed by atoms with Gasteiger partial charge in [-0.2, -0.15) is 13.2 Å². The molecule has 0 bridgehead atoms. The summed E-state index contributed by atoms with van der Waals surface area (Å²) in [5.74, 6) is -1.10. The Morgan fingerprint density at radius 1 is 1.44 bits per heavy atom. The van der Waals surface area contributed by atoms with Crippen LogP contribution in [-0.4, -0.2) is 24.7 Å². The van der Waals surface area contributed by atoms with Crippen molar-refractivity contribution in [3.63, 3.8) is 0 Å². The lowest BCUT2D eigenvalue weighted by Crippen LogP contribution is -2.14. The van der Waals surface area contributed by atoms with Crippen molar-refractivity contribution < 1.29 is 27.4 Å². The van der Waals surface area contributed by atoms with Crippen molar-refractivity contribution in [2.45, 2.75) is 19.5 Å². The van der Waals surface area contributed by atoms with Crippen molar-refractivity contribution in [1.29, 1.82) is 0 Å². The highest BCUT2D eigenvalue weighted by molar-refractivity contribution is 5.73. The van der Waals surface area contributed by atoms with Crippen molar-refractivity contribution in [2.75, 3.05) is 13.7 Å². The van der Waals surface area contributed by atoms with Gasteiger partial charge in [0.15, 0.2) is 5.75 Å². The third-order valence-corrected chi connectivity index (χ3v) is 2.10. The molecule has 1 heterocycles. The molecule has 1 rings (SSSR count). The number of hydrogen-bond donors (Lipinski definition) is 0. The average Bonchev–Trinajstić information content (AvgIpc) is 2.27. The number of hydrogen-bond acceptors (Lipinski definition) is 4. The maximum Gasteiger partial charge on any atom is 0.420 e. The highest BCUT2D eigenvalue weighted by atomic mass is 19.4. The van der Waals surface area contributed by atoms with Crippen LogP contribution in [0.3, 0.4) is 0 Å². The van der Waals surface area contributed by atoms with Crippen molar-refractivity contribution in [2.24, 2.45) is 0 Å². The van der Waals surface area contributed by atoms with E-state index in [0.29, 0.717) is 0 Å². The number of nitrogens with zero attached hydrogens (tertiary/aromatic N) is 1. The third kappa shape index (κ3) is 3.35.